The fraction of sp³-hybridized carbons (Fsp3) is 0.103. The van der Waals surface area contributed by atoms with E-state index in [1.807, 2.05) is 60.7 Å². The van der Waals surface area contributed by atoms with E-state index < -0.39 is 5.91 Å². The molecule has 0 atom stereocenters. The molecule has 4 aromatic carbocycles. The largest absolute Gasteiger partial charge is 0.493 e. The number of halogens is 1. The van der Waals surface area contributed by atoms with E-state index in [2.05, 4.69) is 52.2 Å². The number of amides is 1. The summed E-state index contributed by atoms with van der Waals surface area (Å²) >= 11 is 2.20. The molecular formula is C29H23IN2O4. The summed E-state index contributed by atoms with van der Waals surface area (Å²) in [6.07, 6.45) is 1.56. The molecule has 0 radical (unpaired) electrons. The van der Waals surface area contributed by atoms with Gasteiger partial charge in [0.2, 0.25) is 0 Å². The SMILES string of the molecule is COc1cc(/C=N/NC(=O)c2cc3c(ccc4ccccc43)o2)cc(I)c1OCc1ccc(C)cc1. The quantitative estimate of drug-likeness (QED) is 0.128. The molecule has 5 rings (SSSR count). The second kappa shape index (κ2) is 10.4. The average Bonchev–Trinajstić information content (AvgIpc) is 3.34. The van der Waals surface area contributed by atoms with Crippen molar-refractivity contribution in [3.63, 3.8) is 0 Å². The number of hydrogen-bond donors (Lipinski definition) is 1. The fourth-order valence-corrected chi connectivity index (χ4v) is 4.70. The van der Waals surface area contributed by atoms with Crippen molar-refractivity contribution in [1.29, 1.82) is 0 Å². The summed E-state index contributed by atoms with van der Waals surface area (Å²) in [5.41, 5.74) is 6.23. The van der Waals surface area contributed by atoms with Gasteiger partial charge in [0.15, 0.2) is 17.3 Å². The average molecular weight is 590 g/mol. The molecule has 0 bridgehead atoms. The topological polar surface area (TPSA) is 73.1 Å². The molecule has 6 nitrogen and oxygen atoms in total. The molecule has 7 heteroatoms. The first-order valence-corrected chi connectivity index (χ1v) is 12.4. The van der Waals surface area contributed by atoms with Crippen molar-refractivity contribution in [1.82, 2.24) is 5.43 Å². The molecule has 0 spiro atoms. The predicted molar refractivity (Wildman–Crippen MR) is 150 cm³/mol. The number of methoxy groups -OCH3 is 1. The van der Waals surface area contributed by atoms with E-state index in [4.69, 9.17) is 13.9 Å². The Morgan fingerprint density at radius 1 is 1.03 bits per heavy atom. The number of benzene rings is 4. The monoisotopic (exact) mass is 590 g/mol. The van der Waals surface area contributed by atoms with E-state index in [0.717, 1.165) is 30.9 Å². The van der Waals surface area contributed by atoms with Gasteiger partial charge in [-0.25, -0.2) is 5.43 Å². The molecule has 0 aliphatic heterocycles. The number of nitrogens with zero attached hydrogens (tertiary/aromatic N) is 1. The van der Waals surface area contributed by atoms with Gasteiger partial charge < -0.3 is 13.9 Å². The summed E-state index contributed by atoms with van der Waals surface area (Å²) in [6, 6.07) is 25.5. The number of carbonyl (C=O) groups is 1. The second-order valence-electron chi connectivity index (χ2n) is 8.32. The van der Waals surface area contributed by atoms with Crippen molar-refractivity contribution in [2.75, 3.05) is 7.11 Å². The minimum Gasteiger partial charge on any atom is -0.493 e. The molecule has 5 aromatic rings. The molecule has 1 N–H and O–H groups in total. The molecule has 0 saturated heterocycles. The second-order valence-corrected chi connectivity index (χ2v) is 9.48. The van der Waals surface area contributed by atoms with E-state index in [1.54, 1.807) is 19.4 Å². The summed E-state index contributed by atoms with van der Waals surface area (Å²) in [7, 11) is 1.60. The molecule has 1 heterocycles. The smallest absolute Gasteiger partial charge is 0.307 e. The molecule has 0 aliphatic rings. The number of carbonyl (C=O) groups excluding carboxylic acids is 1. The van der Waals surface area contributed by atoms with Crippen LogP contribution in [0.25, 0.3) is 21.7 Å². The third-order valence-corrected chi connectivity index (χ3v) is 6.59. The first kappa shape index (κ1) is 23.9. The van der Waals surface area contributed by atoms with Gasteiger partial charge in [-0.3, -0.25) is 4.79 Å². The zero-order chi connectivity index (χ0) is 25.1. The summed E-state index contributed by atoms with van der Waals surface area (Å²) in [4.78, 5) is 12.7. The van der Waals surface area contributed by atoms with Gasteiger partial charge in [-0.15, -0.1) is 0 Å². The van der Waals surface area contributed by atoms with Crippen LogP contribution in [0.3, 0.4) is 0 Å². The van der Waals surface area contributed by atoms with E-state index in [0.29, 0.717) is 23.7 Å². The van der Waals surface area contributed by atoms with Crippen LogP contribution in [0, 0.1) is 10.5 Å². The fourth-order valence-electron chi connectivity index (χ4n) is 3.92. The van der Waals surface area contributed by atoms with Crippen molar-refractivity contribution in [3.8, 4) is 11.5 Å². The van der Waals surface area contributed by atoms with Crippen LogP contribution in [0.5, 0.6) is 11.5 Å². The standard InChI is InChI=1S/C29H23IN2O4/c1-18-7-9-19(10-8-18)17-35-28-24(30)13-20(14-26(28)34-2)16-31-32-29(33)27-15-23-22-6-4-3-5-21(22)11-12-25(23)36-27/h3-16H,17H2,1-2H3,(H,32,33)/b31-16+. The molecule has 0 unspecified atom stereocenters. The summed E-state index contributed by atoms with van der Waals surface area (Å²) < 4.78 is 18.2. The van der Waals surface area contributed by atoms with E-state index in [-0.39, 0.29) is 5.76 Å². The van der Waals surface area contributed by atoms with Gasteiger partial charge >= 0.3 is 5.91 Å². The van der Waals surface area contributed by atoms with E-state index >= 15 is 0 Å². The van der Waals surface area contributed by atoms with Crippen molar-refractivity contribution >= 4 is 56.5 Å². The maximum atomic E-state index is 12.7. The molecule has 1 aromatic heterocycles. The van der Waals surface area contributed by atoms with Gasteiger partial charge in [0.1, 0.15) is 12.2 Å². The van der Waals surface area contributed by atoms with E-state index in [1.165, 1.54) is 5.56 Å². The Labute approximate surface area is 222 Å². The lowest BCUT2D eigenvalue weighted by Gasteiger charge is -2.13. The van der Waals surface area contributed by atoms with Gasteiger partial charge in [-0.05, 0) is 75.7 Å². The highest BCUT2D eigenvalue weighted by Gasteiger charge is 2.14. The van der Waals surface area contributed by atoms with Gasteiger partial charge in [0.05, 0.1) is 16.9 Å². The molecule has 180 valence electrons. The number of rotatable bonds is 7. The van der Waals surface area contributed by atoms with Gasteiger partial charge in [0.25, 0.3) is 0 Å². The lowest BCUT2D eigenvalue weighted by molar-refractivity contribution is 0.0929. The van der Waals surface area contributed by atoms with Crippen LogP contribution < -0.4 is 14.9 Å². The Balaban J connectivity index is 1.29. The molecule has 0 saturated carbocycles. The van der Waals surface area contributed by atoms with Crippen molar-refractivity contribution < 1.29 is 18.7 Å². The lowest BCUT2D eigenvalue weighted by atomic mass is 10.1. The van der Waals surface area contributed by atoms with Crippen LogP contribution >= 0.6 is 22.6 Å². The van der Waals surface area contributed by atoms with Gasteiger partial charge in [-0.1, -0.05) is 60.2 Å². The minimum atomic E-state index is -0.425. The van der Waals surface area contributed by atoms with Crippen LogP contribution in [0.2, 0.25) is 0 Å². The maximum Gasteiger partial charge on any atom is 0.307 e. The number of hydrazone groups is 1. The Bertz CT molecular complexity index is 1590. The van der Waals surface area contributed by atoms with Gasteiger partial charge in [0, 0.05) is 5.39 Å². The predicted octanol–water partition coefficient (Wildman–Crippen LogP) is 6.85. The first-order valence-electron chi connectivity index (χ1n) is 11.3. The Morgan fingerprint density at radius 3 is 2.64 bits per heavy atom. The Kier molecular flexibility index (Phi) is 6.90. The van der Waals surface area contributed by atoms with Crippen LogP contribution in [0.1, 0.15) is 27.2 Å². The van der Waals surface area contributed by atoms with Crippen molar-refractivity contribution in [2.24, 2.45) is 5.10 Å². The van der Waals surface area contributed by atoms with Crippen LogP contribution in [-0.4, -0.2) is 19.2 Å². The van der Waals surface area contributed by atoms with Crippen molar-refractivity contribution in [2.45, 2.75) is 13.5 Å². The van der Waals surface area contributed by atoms with Crippen LogP contribution in [-0.2, 0) is 6.61 Å². The number of nitrogens with one attached hydrogen (secondary N) is 1. The third-order valence-electron chi connectivity index (χ3n) is 5.79. The summed E-state index contributed by atoms with van der Waals surface area (Å²) in [5, 5.41) is 7.13. The number of hydrogen-bond acceptors (Lipinski definition) is 5. The molecule has 36 heavy (non-hydrogen) atoms. The zero-order valence-corrected chi connectivity index (χ0v) is 21.9. The molecule has 0 fully saturated rings. The normalized spacial score (nSPS) is 11.3. The highest BCUT2D eigenvalue weighted by atomic mass is 127. The molecular weight excluding hydrogens is 567 g/mol. The number of ether oxygens (including phenoxy) is 2. The summed E-state index contributed by atoms with van der Waals surface area (Å²) in [6.45, 7) is 2.49. The van der Waals surface area contributed by atoms with E-state index in [9.17, 15) is 4.79 Å². The molecule has 1 amide bonds. The number of fused-ring (bicyclic) bond motifs is 3. The zero-order valence-electron chi connectivity index (χ0n) is 19.7. The highest BCUT2D eigenvalue weighted by Crippen LogP contribution is 2.34. The highest BCUT2D eigenvalue weighted by molar-refractivity contribution is 14.1. The third kappa shape index (κ3) is 5.06. The maximum absolute atomic E-state index is 12.7. The lowest BCUT2D eigenvalue weighted by Crippen LogP contribution is -2.16. The minimum absolute atomic E-state index is 0.200. The van der Waals surface area contributed by atoms with Crippen LogP contribution in [0.15, 0.2) is 88.4 Å². The Hall–Kier alpha value is -3.85. The number of furan rings is 1. The summed E-state index contributed by atoms with van der Waals surface area (Å²) in [5.74, 6) is 1.03. The van der Waals surface area contributed by atoms with Crippen molar-refractivity contribution in [3.05, 3.63) is 105 Å². The Morgan fingerprint density at radius 2 is 1.83 bits per heavy atom. The first-order chi connectivity index (χ1) is 17.5. The van der Waals surface area contributed by atoms with Gasteiger partial charge in [-0.2, -0.15) is 5.10 Å². The number of aryl methyl sites for hydroxylation is 1. The molecule has 0 aliphatic carbocycles. The van der Waals surface area contributed by atoms with Crippen LogP contribution in [0.4, 0.5) is 0 Å².